The van der Waals surface area contributed by atoms with E-state index in [2.05, 4.69) is 10.6 Å². The van der Waals surface area contributed by atoms with Crippen LogP contribution in [-0.2, 0) is 6.54 Å². The van der Waals surface area contributed by atoms with Gasteiger partial charge in [0.2, 0.25) is 0 Å². The molecule has 0 heterocycles. The van der Waals surface area contributed by atoms with Gasteiger partial charge in [0.05, 0.1) is 12.7 Å². The van der Waals surface area contributed by atoms with Crippen LogP contribution in [0.2, 0.25) is 5.02 Å². The molecule has 0 fully saturated rings. The van der Waals surface area contributed by atoms with Gasteiger partial charge in [0.15, 0.2) is 0 Å². The van der Waals surface area contributed by atoms with E-state index in [1.165, 1.54) is 0 Å². The van der Waals surface area contributed by atoms with Crippen LogP contribution in [-0.4, -0.2) is 37.5 Å². The van der Waals surface area contributed by atoms with Crippen molar-refractivity contribution >= 4 is 11.6 Å². The first-order chi connectivity index (χ1) is 9.13. The molecule has 5 heteroatoms. The van der Waals surface area contributed by atoms with Crippen LogP contribution in [0.1, 0.15) is 19.4 Å². The third kappa shape index (κ3) is 6.78. The number of nitrogens with one attached hydrogen (secondary N) is 2. The molecule has 0 amide bonds. The quantitative estimate of drug-likeness (QED) is 0.606. The lowest BCUT2D eigenvalue weighted by molar-refractivity contribution is 0.191. The van der Waals surface area contributed by atoms with Gasteiger partial charge >= 0.3 is 0 Å². The Kier molecular flexibility index (Phi) is 7.82. The number of ether oxygens (including phenoxy) is 1. The van der Waals surface area contributed by atoms with Gasteiger partial charge in [0.25, 0.3) is 0 Å². The zero-order chi connectivity index (χ0) is 14.1. The molecule has 0 saturated carbocycles. The molecule has 0 spiro atoms. The zero-order valence-electron chi connectivity index (χ0n) is 11.6. The minimum absolute atomic E-state index is 0.308. The maximum atomic E-state index is 9.10. The lowest BCUT2D eigenvalue weighted by Crippen LogP contribution is -2.31. The summed E-state index contributed by atoms with van der Waals surface area (Å²) in [5.74, 6) is 0.872. The molecule has 0 saturated heterocycles. The van der Waals surface area contributed by atoms with E-state index in [-0.39, 0.29) is 6.10 Å². The molecule has 1 atom stereocenters. The van der Waals surface area contributed by atoms with Gasteiger partial charge in [-0.15, -0.1) is 0 Å². The van der Waals surface area contributed by atoms with E-state index in [0.29, 0.717) is 24.7 Å². The minimum atomic E-state index is -0.308. The highest BCUT2D eigenvalue weighted by Gasteiger charge is 2.04. The van der Waals surface area contributed by atoms with Gasteiger partial charge in [-0.3, -0.25) is 0 Å². The summed E-state index contributed by atoms with van der Waals surface area (Å²) in [4.78, 5) is 0. The Bertz CT molecular complexity index is 372. The molecule has 19 heavy (non-hydrogen) atoms. The second-order valence-electron chi connectivity index (χ2n) is 4.41. The first-order valence-electron chi connectivity index (χ1n) is 6.64. The van der Waals surface area contributed by atoms with Gasteiger partial charge < -0.3 is 20.5 Å². The average Bonchev–Trinajstić information content (AvgIpc) is 2.36. The predicted molar refractivity (Wildman–Crippen MR) is 78.9 cm³/mol. The van der Waals surface area contributed by atoms with Crippen LogP contribution in [0.3, 0.4) is 0 Å². The second-order valence-corrected chi connectivity index (χ2v) is 4.85. The summed E-state index contributed by atoms with van der Waals surface area (Å²) in [5, 5.41) is 16.3. The van der Waals surface area contributed by atoms with Crippen LogP contribution in [0.25, 0.3) is 0 Å². The highest BCUT2D eigenvalue weighted by atomic mass is 35.5. The van der Waals surface area contributed by atoms with Gasteiger partial charge in [-0.05, 0) is 32.0 Å². The Morgan fingerprint density at radius 3 is 2.74 bits per heavy atom. The third-order valence-corrected chi connectivity index (χ3v) is 2.79. The lowest BCUT2D eigenvalue weighted by Gasteiger charge is -2.12. The topological polar surface area (TPSA) is 53.5 Å². The van der Waals surface area contributed by atoms with Crippen molar-refractivity contribution in [1.29, 1.82) is 0 Å². The summed E-state index contributed by atoms with van der Waals surface area (Å²) < 4.78 is 5.55. The lowest BCUT2D eigenvalue weighted by atomic mass is 10.2. The Morgan fingerprint density at radius 2 is 2.05 bits per heavy atom. The molecule has 1 aromatic carbocycles. The molecule has 0 aliphatic rings. The molecular weight excluding hydrogens is 264 g/mol. The second kappa shape index (κ2) is 9.15. The van der Waals surface area contributed by atoms with Gasteiger partial charge in [-0.1, -0.05) is 11.6 Å². The van der Waals surface area contributed by atoms with E-state index in [0.717, 1.165) is 24.4 Å². The third-order valence-electron chi connectivity index (χ3n) is 2.56. The molecule has 1 rings (SSSR count). The molecular formula is C14H23ClN2O2. The zero-order valence-corrected chi connectivity index (χ0v) is 12.3. The molecule has 0 aliphatic carbocycles. The van der Waals surface area contributed by atoms with E-state index in [4.69, 9.17) is 21.4 Å². The minimum Gasteiger partial charge on any atom is -0.494 e. The van der Waals surface area contributed by atoms with E-state index >= 15 is 0 Å². The standard InChI is InChI=1S/C14H23ClN2O2/c1-3-19-14-5-4-13(15)8-12(14)10-17-7-6-16-9-11(2)18/h4-5,8,11,16-18H,3,6-7,9-10H2,1-2H3/t11-/m0/s1. The maximum absolute atomic E-state index is 9.10. The van der Waals surface area contributed by atoms with E-state index in [1.807, 2.05) is 25.1 Å². The van der Waals surface area contributed by atoms with Gasteiger partial charge in [0, 0.05) is 36.8 Å². The molecule has 1 aromatic rings. The fourth-order valence-corrected chi connectivity index (χ4v) is 1.89. The van der Waals surface area contributed by atoms with Crippen molar-refractivity contribution in [1.82, 2.24) is 10.6 Å². The summed E-state index contributed by atoms with van der Waals surface area (Å²) >= 11 is 5.99. The Morgan fingerprint density at radius 1 is 1.32 bits per heavy atom. The highest BCUT2D eigenvalue weighted by Crippen LogP contribution is 2.22. The number of aliphatic hydroxyl groups excluding tert-OH is 1. The van der Waals surface area contributed by atoms with Crippen LogP contribution in [0, 0.1) is 0 Å². The van der Waals surface area contributed by atoms with Crippen molar-refractivity contribution in [3.05, 3.63) is 28.8 Å². The molecule has 0 bridgehead atoms. The maximum Gasteiger partial charge on any atom is 0.123 e. The normalized spacial score (nSPS) is 12.4. The number of rotatable bonds is 9. The first-order valence-corrected chi connectivity index (χ1v) is 7.02. The fourth-order valence-electron chi connectivity index (χ4n) is 1.69. The van der Waals surface area contributed by atoms with E-state index in [1.54, 1.807) is 6.92 Å². The smallest absolute Gasteiger partial charge is 0.123 e. The number of halogens is 1. The summed E-state index contributed by atoms with van der Waals surface area (Å²) in [6.45, 7) is 7.34. The van der Waals surface area contributed by atoms with Crippen LogP contribution in [0.4, 0.5) is 0 Å². The van der Waals surface area contributed by atoms with E-state index in [9.17, 15) is 0 Å². The van der Waals surface area contributed by atoms with Crippen LogP contribution < -0.4 is 15.4 Å². The summed E-state index contributed by atoms with van der Waals surface area (Å²) in [5.41, 5.74) is 1.06. The molecule has 0 unspecified atom stereocenters. The molecule has 3 N–H and O–H groups in total. The first kappa shape index (κ1) is 16.2. The van der Waals surface area contributed by atoms with Crippen LogP contribution in [0.15, 0.2) is 18.2 Å². The molecule has 0 aliphatic heterocycles. The molecule has 0 aromatic heterocycles. The number of hydrogen-bond acceptors (Lipinski definition) is 4. The monoisotopic (exact) mass is 286 g/mol. The predicted octanol–water partition coefficient (Wildman–Crippen LogP) is 1.80. The fraction of sp³-hybridized carbons (Fsp3) is 0.571. The number of hydrogen-bond donors (Lipinski definition) is 3. The SMILES string of the molecule is CCOc1ccc(Cl)cc1CNCCNC[C@H](C)O. The molecule has 0 radical (unpaired) electrons. The summed E-state index contributed by atoms with van der Waals surface area (Å²) in [6, 6.07) is 5.65. The van der Waals surface area contributed by atoms with Crippen molar-refractivity contribution in [3.63, 3.8) is 0 Å². The van der Waals surface area contributed by atoms with Crippen LogP contribution >= 0.6 is 11.6 Å². The Balaban J connectivity index is 2.33. The summed E-state index contributed by atoms with van der Waals surface area (Å²) in [6.07, 6.45) is -0.308. The number of benzene rings is 1. The highest BCUT2D eigenvalue weighted by molar-refractivity contribution is 6.30. The van der Waals surface area contributed by atoms with Gasteiger partial charge in [0.1, 0.15) is 5.75 Å². The summed E-state index contributed by atoms with van der Waals surface area (Å²) in [7, 11) is 0. The van der Waals surface area contributed by atoms with Crippen molar-refractivity contribution in [2.24, 2.45) is 0 Å². The van der Waals surface area contributed by atoms with Crippen molar-refractivity contribution in [3.8, 4) is 5.75 Å². The molecule has 108 valence electrons. The van der Waals surface area contributed by atoms with Crippen molar-refractivity contribution < 1.29 is 9.84 Å². The Labute approximate surface area is 120 Å². The van der Waals surface area contributed by atoms with Gasteiger partial charge in [-0.25, -0.2) is 0 Å². The van der Waals surface area contributed by atoms with Crippen molar-refractivity contribution in [2.75, 3.05) is 26.2 Å². The average molecular weight is 287 g/mol. The van der Waals surface area contributed by atoms with E-state index < -0.39 is 0 Å². The number of aliphatic hydroxyl groups is 1. The Hall–Kier alpha value is -0.810. The molecule has 4 nitrogen and oxygen atoms in total. The van der Waals surface area contributed by atoms with Gasteiger partial charge in [-0.2, -0.15) is 0 Å². The van der Waals surface area contributed by atoms with Crippen LogP contribution in [0.5, 0.6) is 5.75 Å². The van der Waals surface area contributed by atoms with Crippen molar-refractivity contribution in [2.45, 2.75) is 26.5 Å². The largest absolute Gasteiger partial charge is 0.494 e.